The molecule has 5 nitrogen and oxygen atoms in total. The lowest BCUT2D eigenvalue weighted by molar-refractivity contribution is -0.143. The van der Waals surface area contributed by atoms with Gasteiger partial charge >= 0.3 is 0 Å². The number of hydrogen-bond acceptors (Lipinski definition) is 3. The number of carbonyl (C=O) groups excluding carboxylic acids is 2. The van der Waals surface area contributed by atoms with Crippen molar-refractivity contribution in [3.05, 3.63) is 100 Å². The Hall–Kier alpha value is -3.31. The van der Waals surface area contributed by atoms with Crippen LogP contribution < -0.4 is 10.1 Å². The highest BCUT2D eigenvalue weighted by molar-refractivity contribution is 6.30. The van der Waals surface area contributed by atoms with Crippen molar-refractivity contribution < 1.29 is 14.3 Å². The molecule has 1 N–H and O–H groups in total. The van der Waals surface area contributed by atoms with E-state index in [4.69, 9.17) is 16.3 Å². The molecule has 1 unspecified atom stereocenters. The highest BCUT2D eigenvalue weighted by atomic mass is 35.5. The molecule has 35 heavy (non-hydrogen) atoms. The van der Waals surface area contributed by atoms with Crippen molar-refractivity contribution in [2.75, 3.05) is 7.11 Å². The van der Waals surface area contributed by atoms with Gasteiger partial charge in [0.15, 0.2) is 0 Å². The normalized spacial score (nSPS) is 11.7. The SMILES string of the molecule is COc1ccc(CCC(=O)N(C(C)C)C(C(=O)NCc2ccc(Cl)cc2)c2ccc(C)cc2)cc1. The fourth-order valence-electron chi connectivity index (χ4n) is 3.98. The smallest absolute Gasteiger partial charge is 0.247 e. The van der Waals surface area contributed by atoms with Crippen LogP contribution in [0, 0.1) is 6.92 Å². The van der Waals surface area contributed by atoms with Crippen LogP contribution in [0.15, 0.2) is 72.8 Å². The number of rotatable bonds is 10. The van der Waals surface area contributed by atoms with Gasteiger partial charge in [0.25, 0.3) is 0 Å². The summed E-state index contributed by atoms with van der Waals surface area (Å²) in [6.07, 6.45) is 0.885. The largest absolute Gasteiger partial charge is 0.497 e. The standard InChI is InChI=1S/C29H33ClN2O3/c1-20(2)32(27(33)18-11-22-9-16-26(35-4)17-10-22)28(24-12-5-21(3)6-13-24)29(34)31-19-23-7-14-25(30)15-8-23/h5-10,12-17,20,28H,11,18-19H2,1-4H3,(H,31,34). The quantitative estimate of drug-likeness (QED) is 0.384. The summed E-state index contributed by atoms with van der Waals surface area (Å²) in [7, 11) is 1.63. The van der Waals surface area contributed by atoms with Gasteiger partial charge in [-0.1, -0.05) is 65.7 Å². The molecule has 0 aliphatic rings. The number of nitrogens with one attached hydrogen (secondary N) is 1. The molecule has 0 fully saturated rings. The first-order valence-corrected chi connectivity index (χ1v) is 12.2. The van der Waals surface area contributed by atoms with Gasteiger partial charge in [0.2, 0.25) is 11.8 Å². The van der Waals surface area contributed by atoms with Gasteiger partial charge in [-0.3, -0.25) is 9.59 Å². The number of benzene rings is 3. The molecule has 0 bridgehead atoms. The third kappa shape index (κ3) is 7.33. The van der Waals surface area contributed by atoms with Gasteiger partial charge in [-0.05, 0) is 68.1 Å². The van der Waals surface area contributed by atoms with Crippen molar-refractivity contribution in [3.63, 3.8) is 0 Å². The molecule has 0 spiro atoms. The van der Waals surface area contributed by atoms with Crippen LogP contribution in [0.5, 0.6) is 5.75 Å². The maximum atomic E-state index is 13.5. The maximum Gasteiger partial charge on any atom is 0.247 e. The zero-order valence-corrected chi connectivity index (χ0v) is 21.5. The monoisotopic (exact) mass is 492 g/mol. The Morgan fingerprint density at radius 3 is 2.09 bits per heavy atom. The Morgan fingerprint density at radius 1 is 0.914 bits per heavy atom. The Kier molecular flexibility index (Phi) is 9.32. The summed E-state index contributed by atoms with van der Waals surface area (Å²) >= 11 is 5.98. The fourth-order valence-corrected chi connectivity index (χ4v) is 4.10. The molecule has 0 aromatic heterocycles. The number of aryl methyl sites for hydroxylation is 2. The Labute approximate surface area is 213 Å². The van der Waals surface area contributed by atoms with Gasteiger partial charge in [-0.15, -0.1) is 0 Å². The second kappa shape index (κ2) is 12.4. The van der Waals surface area contributed by atoms with Gasteiger partial charge in [0.1, 0.15) is 11.8 Å². The number of methoxy groups -OCH3 is 1. The second-order valence-electron chi connectivity index (χ2n) is 8.90. The topological polar surface area (TPSA) is 58.6 Å². The van der Waals surface area contributed by atoms with Crippen LogP contribution in [0.25, 0.3) is 0 Å². The lowest BCUT2D eigenvalue weighted by atomic mass is 9.99. The summed E-state index contributed by atoms with van der Waals surface area (Å²) in [6, 6.07) is 21.9. The van der Waals surface area contributed by atoms with Crippen molar-refractivity contribution in [1.82, 2.24) is 10.2 Å². The van der Waals surface area contributed by atoms with Crippen molar-refractivity contribution in [2.45, 2.75) is 52.2 Å². The minimum atomic E-state index is -0.730. The van der Waals surface area contributed by atoms with Crippen LogP contribution >= 0.6 is 11.6 Å². The van der Waals surface area contributed by atoms with E-state index in [0.29, 0.717) is 24.4 Å². The lowest BCUT2D eigenvalue weighted by Gasteiger charge is -2.35. The molecule has 2 amide bonds. The van der Waals surface area contributed by atoms with E-state index in [0.717, 1.165) is 28.0 Å². The summed E-state index contributed by atoms with van der Waals surface area (Å²) in [5, 5.41) is 3.66. The van der Waals surface area contributed by atoms with E-state index in [1.165, 1.54) is 0 Å². The van der Waals surface area contributed by atoms with Gasteiger partial charge < -0.3 is 15.0 Å². The number of hydrogen-bond donors (Lipinski definition) is 1. The molecule has 0 heterocycles. The third-order valence-corrected chi connectivity index (χ3v) is 6.18. The molecule has 6 heteroatoms. The van der Waals surface area contributed by atoms with E-state index in [1.807, 2.05) is 81.4 Å². The van der Waals surface area contributed by atoms with Crippen LogP contribution in [0.2, 0.25) is 5.02 Å². The number of amides is 2. The highest BCUT2D eigenvalue weighted by Crippen LogP contribution is 2.26. The molecule has 0 radical (unpaired) electrons. The molecular weight excluding hydrogens is 460 g/mol. The summed E-state index contributed by atoms with van der Waals surface area (Å²) in [4.78, 5) is 28.7. The van der Waals surface area contributed by atoms with Gasteiger partial charge in [0, 0.05) is 24.0 Å². The summed E-state index contributed by atoms with van der Waals surface area (Å²) in [5.41, 5.74) is 3.86. The molecule has 184 valence electrons. The molecule has 3 rings (SSSR count). The van der Waals surface area contributed by atoms with Gasteiger partial charge in [-0.2, -0.15) is 0 Å². The lowest BCUT2D eigenvalue weighted by Crippen LogP contribution is -2.47. The molecule has 0 aliphatic carbocycles. The summed E-state index contributed by atoms with van der Waals surface area (Å²) in [5.74, 6) is 0.499. The van der Waals surface area contributed by atoms with Gasteiger partial charge in [0.05, 0.1) is 7.11 Å². The minimum Gasteiger partial charge on any atom is -0.497 e. The molecule has 0 saturated heterocycles. The number of ether oxygens (including phenoxy) is 1. The first-order valence-electron chi connectivity index (χ1n) is 11.8. The van der Waals surface area contributed by atoms with Crippen LogP contribution in [0.4, 0.5) is 0 Å². The third-order valence-electron chi connectivity index (χ3n) is 5.93. The predicted molar refractivity (Wildman–Crippen MR) is 141 cm³/mol. The molecule has 3 aromatic rings. The van der Waals surface area contributed by atoms with Crippen molar-refractivity contribution >= 4 is 23.4 Å². The Bertz CT molecular complexity index is 1110. The van der Waals surface area contributed by atoms with E-state index >= 15 is 0 Å². The zero-order chi connectivity index (χ0) is 25.4. The summed E-state index contributed by atoms with van der Waals surface area (Å²) < 4.78 is 5.21. The van der Waals surface area contributed by atoms with E-state index in [1.54, 1.807) is 24.1 Å². The van der Waals surface area contributed by atoms with E-state index in [2.05, 4.69) is 5.32 Å². The number of carbonyl (C=O) groups is 2. The average molecular weight is 493 g/mol. The molecule has 1 atom stereocenters. The molecular formula is C29H33ClN2O3. The maximum absolute atomic E-state index is 13.5. The minimum absolute atomic E-state index is 0.0666. The second-order valence-corrected chi connectivity index (χ2v) is 9.34. The average Bonchev–Trinajstić information content (AvgIpc) is 2.86. The van der Waals surface area contributed by atoms with E-state index in [-0.39, 0.29) is 17.9 Å². The molecule has 0 saturated carbocycles. The highest BCUT2D eigenvalue weighted by Gasteiger charge is 2.32. The van der Waals surface area contributed by atoms with Crippen molar-refractivity contribution in [1.29, 1.82) is 0 Å². The first kappa shape index (κ1) is 26.3. The summed E-state index contributed by atoms with van der Waals surface area (Å²) in [6.45, 7) is 6.24. The number of halogens is 1. The van der Waals surface area contributed by atoms with Crippen LogP contribution in [-0.4, -0.2) is 29.9 Å². The molecule has 0 aliphatic heterocycles. The van der Waals surface area contributed by atoms with Crippen LogP contribution in [-0.2, 0) is 22.6 Å². The zero-order valence-electron chi connectivity index (χ0n) is 20.8. The number of nitrogens with zero attached hydrogens (tertiary/aromatic N) is 1. The van der Waals surface area contributed by atoms with Crippen LogP contribution in [0.1, 0.15) is 48.6 Å². The molecule has 3 aromatic carbocycles. The van der Waals surface area contributed by atoms with E-state index < -0.39 is 6.04 Å². The van der Waals surface area contributed by atoms with Crippen LogP contribution in [0.3, 0.4) is 0 Å². The Morgan fingerprint density at radius 2 is 1.51 bits per heavy atom. The van der Waals surface area contributed by atoms with Crippen molar-refractivity contribution in [3.8, 4) is 5.75 Å². The van der Waals surface area contributed by atoms with Crippen molar-refractivity contribution in [2.24, 2.45) is 0 Å². The predicted octanol–water partition coefficient (Wildman–Crippen LogP) is 5.88. The fraction of sp³-hybridized carbons (Fsp3) is 0.310. The first-order chi connectivity index (χ1) is 16.8. The Balaban J connectivity index is 1.81. The van der Waals surface area contributed by atoms with E-state index in [9.17, 15) is 9.59 Å². The van der Waals surface area contributed by atoms with Gasteiger partial charge in [-0.25, -0.2) is 0 Å².